The van der Waals surface area contributed by atoms with E-state index in [0.29, 0.717) is 0 Å². The molecule has 1 aliphatic rings. The van der Waals surface area contributed by atoms with Gasteiger partial charge in [-0.1, -0.05) is 24.3 Å². The van der Waals surface area contributed by atoms with Crippen molar-refractivity contribution in [1.29, 1.82) is 0 Å². The molecule has 2 nitrogen and oxygen atoms in total. The minimum atomic E-state index is -0.553. The van der Waals surface area contributed by atoms with Gasteiger partial charge in [-0.25, -0.2) is 8.78 Å². The summed E-state index contributed by atoms with van der Waals surface area (Å²) < 4.78 is 28.2. The molecule has 3 rings (SSSR count). The van der Waals surface area contributed by atoms with Crippen molar-refractivity contribution < 1.29 is 8.78 Å². The Kier molecular flexibility index (Phi) is 4.06. The number of fused-ring (bicyclic) bond motifs is 1. The number of hydrogen-bond acceptors (Lipinski definition) is 2. The minimum Gasteiger partial charge on any atom is -0.271 e. The number of benzene rings is 2. The molecule has 0 amide bonds. The maximum Gasteiger partial charge on any atom is 0.143 e. The Morgan fingerprint density at radius 1 is 1.24 bits per heavy atom. The van der Waals surface area contributed by atoms with Gasteiger partial charge in [0.05, 0.1) is 4.47 Å². The number of nitrogens with one attached hydrogen (secondary N) is 1. The van der Waals surface area contributed by atoms with Crippen molar-refractivity contribution in [2.45, 2.75) is 24.8 Å². The molecule has 0 saturated carbocycles. The first kappa shape index (κ1) is 14.6. The average molecular weight is 353 g/mol. The molecule has 5 heteroatoms. The molecule has 0 spiro atoms. The second kappa shape index (κ2) is 5.83. The van der Waals surface area contributed by atoms with E-state index in [4.69, 9.17) is 5.84 Å². The van der Waals surface area contributed by atoms with Gasteiger partial charge in [0.1, 0.15) is 11.6 Å². The molecule has 0 aliphatic heterocycles. The van der Waals surface area contributed by atoms with Gasteiger partial charge in [-0.05, 0) is 52.0 Å². The highest BCUT2D eigenvalue weighted by atomic mass is 79.9. The van der Waals surface area contributed by atoms with Crippen LogP contribution in [0.4, 0.5) is 8.78 Å². The van der Waals surface area contributed by atoms with E-state index in [9.17, 15) is 8.78 Å². The summed E-state index contributed by atoms with van der Waals surface area (Å²) in [5.41, 5.74) is 5.27. The van der Waals surface area contributed by atoms with Crippen LogP contribution in [0.5, 0.6) is 0 Å². The summed E-state index contributed by atoms with van der Waals surface area (Å²) in [5, 5.41) is 0. The highest BCUT2D eigenvalue weighted by Crippen LogP contribution is 2.38. The van der Waals surface area contributed by atoms with Gasteiger partial charge in [0.2, 0.25) is 0 Å². The third kappa shape index (κ3) is 2.61. The maximum absolute atomic E-state index is 14.1. The molecule has 0 fully saturated rings. The average Bonchev–Trinajstić information content (AvgIpc) is 2.47. The fourth-order valence-electron chi connectivity index (χ4n) is 2.95. The van der Waals surface area contributed by atoms with Crippen LogP contribution in [0, 0.1) is 11.6 Å². The third-order valence-corrected chi connectivity index (χ3v) is 4.77. The molecule has 0 heterocycles. The van der Waals surface area contributed by atoms with Crippen molar-refractivity contribution in [1.82, 2.24) is 5.43 Å². The molecule has 110 valence electrons. The van der Waals surface area contributed by atoms with E-state index in [0.717, 1.165) is 6.42 Å². The summed E-state index contributed by atoms with van der Waals surface area (Å²) in [4.78, 5) is 0. The quantitative estimate of drug-likeness (QED) is 0.502. The third-order valence-electron chi connectivity index (χ3n) is 4.16. The van der Waals surface area contributed by atoms with E-state index >= 15 is 0 Å². The van der Waals surface area contributed by atoms with E-state index in [-0.39, 0.29) is 28.4 Å². The highest BCUT2D eigenvalue weighted by molar-refractivity contribution is 9.10. The molecule has 0 aromatic heterocycles. The normalized spacial score (nSPS) is 18.0. The summed E-state index contributed by atoms with van der Waals surface area (Å²) >= 11 is 3.09. The predicted molar refractivity (Wildman–Crippen MR) is 81.8 cm³/mol. The van der Waals surface area contributed by atoms with Gasteiger partial charge in [-0.15, -0.1) is 0 Å². The molecule has 0 radical (unpaired) electrons. The molecular weight excluding hydrogens is 338 g/mol. The lowest BCUT2D eigenvalue weighted by Crippen LogP contribution is -2.45. The van der Waals surface area contributed by atoms with Gasteiger partial charge >= 0.3 is 0 Å². The van der Waals surface area contributed by atoms with Crippen LogP contribution in [0.25, 0.3) is 0 Å². The van der Waals surface area contributed by atoms with Gasteiger partial charge in [-0.3, -0.25) is 11.3 Å². The Bertz CT molecular complexity index is 675. The van der Waals surface area contributed by atoms with Crippen molar-refractivity contribution in [2.75, 3.05) is 0 Å². The van der Waals surface area contributed by atoms with Crippen LogP contribution in [0.15, 0.2) is 40.9 Å². The number of nitrogens with two attached hydrogens (primary N) is 1. The molecular formula is C16H15BrF2N2. The van der Waals surface area contributed by atoms with Crippen LogP contribution in [-0.2, 0) is 12.8 Å². The zero-order valence-electron chi connectivity index (χ0n) is 11.2. The predicted octanol–water partition coefficient (Wildman–Crippen LogP) is 3.44. The molecule has 0 saturated heterocycles. The van der Waals surface area contributed by atoms with Gasteiger partial charge in [0, 0.05) is 17.5 Å². The number of halogens is 3. The SMILES string of the molecule is NNC(Cc1c(F)ccc(Br)c1F)C1Cc2ccccc21. The van der Waals surface area contributed by atoms with Crippen LogP contribution < -0.4 is 11.3 Å². The minimum absolute atomic E-state index is 0.0664. The smallest absolute Gasteiger partial charge is 0.143 e. The molecule has 21 heavy (non-hydrogen) atoms. The van der Waals surface area contributed by atoms with E-state index in [1.54, 1.807) is 0 Å². The lowest BCUT2D eigenvalue weighted by Gasteiger charge is -2.36. The standard InChI is InChI=1S/C16H15BrF2N2/c17-13-5-6-14(18)12(16(13)19)8-15(21-20)11-7-9-3-1-2-4-10(9)11/h1-6,11,15,21H,7-8,20H2. The van der Waals surface area contributed by atoms with Crippen molar-refractivity contribution >= 4 is 15.9 Å². The first-order valence-corrected chi connectivity index (χ1v) is 7.57. The lowest BCUT2D eigenvalue weighted by atomic mass is 9.72. The fourth-order valence-corrected chi connectivity index (χ4v) is 3.32. The molecule has 2 atom stereocenters. The van der Waals surface area contributed by atoms with Crippen LogP contribution in [0.3, 0.4) is 0 Å². The molecule has 3 N–H and O–H groups in total. The van der Waals surface area contributed by atoms with Crippen molar-refractivity contribution in [3.8, 4) is 0 Å². The Labute approximate surface area is 130 Å². The van der Waals surface area contributed by atoms with Gasteiger partial charge in [0.25, 0.3) is 0 Å². The molecule has 2 aromatic rings. The fraction of sp³-hybridized carbons (Fsp3) is 0.250. The summed E-state index contributed by atoms with van der Waals surface area (Å²) in [5.74, 6) is 4.71. The maximum atomic E-state index is 14.1. The summed E-state index contributed by atoms with van der Waals surface area (Å²) in [6.45, 7) is 0. The first-order valence-electron chi connectivity index (χ1n) is 6.78. The zero-order chi connectivity index (χ0) is 15.0. The van der Waals surface area contributed by atoms with Gasteiger partial charge in [-0.2, -0.15) is 0 Å². The van der Waals surface area contributed by atoms with Crippen LogP contribution in [0.2, 0.25) is 0 Å². The second-order valence-corrected chi connectivity index (χ2v) is 6.16. The summed E-state index contributed by atoms with van der Waals surface area (Å²) in [6.07, 6.45) is 1.09. The second-order valence-electron chi connectivity index (χ2n) is 5.31. The van der Waals surface area contributed by atoms with E-state index in [2.05, 4.69) is 27.4 Å². The monoisotopic (exact) mass is 352 g/mol. The van der Waals surface area contributed by atoms with Gasteiger partial charge in [0.15, 0.2) is 0 Å². The Balaban J connectivity index is 1.86. The van der Waals surface area contributed by atoms with E-state index in [1.165, 1.54) is 23.3 Å². The van der Waals surface area contributed by atoms with Crippen molar-refractivity contribution in [2.24, 2.45) is 5.84 Å². The van der Waals surface area contributed by atoms with Crippen molar-refractivity contribution in [3.63, 3.8) is 0 Å². The Hall–Kier alpha value is -1.30. The number of hydrazine groups is 1. The molecule has 1 aliphatic carbocycles. The number of hydrogen-bond donors (Lipinski definition) is 2. The highest BCUT2D eigenvalue weighted by Gasteiger charge is 2.33. The molecule has 2 aromatic carbocycles. The van der Waals surface area contributed by atoms with E-state index in [1.807, 2.05) is 18.2 Å². The van der Waals surface area contributed by atoms with Gasteiger partial charge < -0.3 is 0 Å². The Morgan fingerprint density at radius 3 is 2.71 bits per heavy atom. The zero-order valence-corrected chi connectivity index (χ0v) is 12.8. The van der Waals surface area contributed by atoms with Crippen LogP contribution >= 0.6 is 15.9 Å². The lowest BCUT2D eigenvalue weighted by molar-refractivity contribution is 0.392. The summed E-state index contributed by atoms with van der Waals surface area (Å²) in [6, 6.07) is 10.5. The number of rotatable bonds is 4. The topological polar surface area (TPSA) is 38.0 Å². The molecule has 0 bridgehead atoms. The Morgan fingerprint density at radius 2 is 2.00 bits per heavy atom. The van der Waals surface area contributed by atoms with Crippen LogP contribution in [-0.4, -0.2) is 6.04 Å². The van der Waals surface area contributed by atoms with Crippen LogP contribution in [0.1, 0.15) is 22.6 Å². The molecule has 2 unspecified atom stereocenters. The largest absolute Gasteiger partial charge is 0.271 e. The summed E-state index contributed by atoms with van der Waals surface area (Å²) in [7, 11) is 0. The first-order chi connectivity index (χ1) is 10.1. The van der Waals surface area contributed by atoms with Crippen molar-refractivity contribution in [3.05, 3.63) is 69.2 Å². The van der Waals surface area contributed by atoms with E-state index < -0.39 is 11.6 Å².